The molecule has 0 bridgehead atoms. The number of ether oxygens (including phenoxy) is 1. The molecule has 2 unspecified atom stereocenters. The zero-order chi connectivity index (χ0) is 39.3. The number of allylic oxidation sites excluding steroid dienone is 2. The second kappa shape index (κ2) is 12.3. The van der Waals surface area contributed by atoms with E-state index in [1.807, 2.05) is 35.5 Å². The summed E-state index contributed by atoms with van der Waals surface area (Å²) in [5.74, 6) is 3.07. The fraction of sp³-hybridized carbons (Fsp3) is 0.271. The third kappa shape index (κ3) is 5.48. The molecular weight excluding hydrogens is 649 g/mol. The normalized spacial score (nSPS) is 18.9. The first-order chi connectivity index (χ1) is 26.7. The summed E-state index contributed by atoms with van der Waals surface area (Å²) in [6.07, 6.45) is 11.8. The van der Waals surface area contributed by atoms with Crippen LogP contribution in [0.15, 0.2) is 116 Å². The molecular formula is C48H48N4O. The van der Waals surface area contributed by atoms with E-state index >= 15 is 0 Å². The van der Waals surface area contributed by atoms with E-state index in [1.54, 1.807) is 6.20 Å². The standard InChI is InChI=1S/C48H48N4O/c1-29(2)32-21-31(4)47-38(23-32)30(3)22-39-40(47)24-33(43-28-50(8)46-15-11-12-20-51(43)46)25-44(39)53-35-16-17-37-36-13-9-10-14-41(36)52(42(37)27-35)45-26-34(18-19-49-45)48(5,6)7/h9-21,23-30,46H,22H2,1-8H3/i8D3. The molecule has 0 amide bonds. The molecule has 0 spiro atoms. The first kappa shape index (κ1) is 30.0. The Labute approximate surface area is 317 Å². The van der Waals surface area contributed by atoms with Crippen molar-refractivity contribution >= 4 is 27.5 Å². The van der Waals surface area contributed by atoms with Crippen LogP contribution in [0.25, 0.3) is 44.4 Å². The second-order valence-electron chi connectivity index (χ2n) is 16.3. The van der Waals surface area contributed by atoms with E-state index in [0.717, 1.165) is 67.9 Å². The van der Waals surface area contributed by atoms with Crippen molar-refractivity contribution in [1.29, 1.82) is 0 Å². The number of hydrogen-bond donors (Lipinski definition) is 0. The van der Waals surface area contributed by atoms with E-state index in [4.69, 9.17) is 13.8 Å². The van der Waals surface area contributed by atoms with Crippen LogP contribution in [0.3, 0.4) is 0 Å². The molecule has 0 fully saturated rings. The summed E-state index contributed by atoms with van der Waals surface area (Å²) in [4.78, 5) is 8.40. The monoisotopic (exact) mass is 699 g/mol. The smallest absolute Gasteiger partial charge is 0.137 e. The predicted molar refractivity (Wildman–Crippen MR) is 220 cm³/mol. The lowest BCUT2D eigenvalue weighted by Crippen LogP contribution is -2.33. The molecule has 266 valence electrons. The highest BCUT2D eigenvalue weighted by atomic mass is 16.5. The molecule has 9 rings (SSSR count). The summed E-state index contributed by atoms with van der Waals surface area (Å²) in [6, 6.07) is 28.2. The second-order valence-corrected chi connectivity index (χ2v) is 16.3. The van der Waals surface area contributed by atoms with E-state index in [1.165, 1.54) is 32.7 Å². The van der Waals surface area contributed by atoms with Crippen LogP contribution in [0.5, 0.6) is 11.5 Å². The molecule has 2 aromatic heterocycles. The Hall–Kier alpha value is -5.55. The van der Waals surface area contributed by atoms with Gasteiger partial charge in [-0.15, -0.1) is 0 Å². The summed E-state index contributed by atoms with van der Waals surface area (Å²) in [5, 5.41) is 2.28. The number of benzene rings is 4. The molecule has 5 nitrogen and oxygen atoms in total. The minimum atomic E-state index is -2.31. The van der Waals surface area contributed by atoms with E-state index in [2.05, 4.69) is 132 Å². The average Bonchev–Trinajstić information content (AvgIpc) is 3.71. The number of hydrogen-bond acceptors (Lipinski definition) is 4. The number of rotatable bonds is 5. The highest BCUT2D eigenvalue weighted by molar-refractivity contribution is 6.09. The van der Waals surface area contributed by atoms with Gasteiger partial charge in [0.05, 0.1) is 16.7 Å². The van der Waals surface area contributed by atoms with Crippen LogP contribution >= 0.6 is 0 Å². The summed E-state index contributed by atoms with van der Waals surface area (Å²) < 4.78 is 34.5. The number of pyridine rings is 1. The Bertz CT molecular complexity index is 2660. The first-order valence-corrected chi connectivity index (χ1v) is 18.8. The Morgan fingerprint density at radius 3 is 2.57 bits per heavy atom. The Morgan fingerprint density at radius 1 is 0.925 bits per heavy atom. The zero-order valence-corrected chi connectivity index (χ0v) is 31.6. The van der Waals surface area contributed by atoms with E-state index in [-0.39, 0.29) is 11.3 Å². The topological polar surface area (TPSA) is 33.5 Å². The molecule has 53 heavy (non-hydrogen) atoms. The van der Waals surface area contributed by atoms with Crippen LogP contribution in [0.2, 0.25) is 0 Å². The molecule has 0 radical (unpaired) electrons. The van der Waals surface area contributed by atoms with Gasteiger partial charge in [-0.25, -0.2) is 4.98 Å². The average molecular weight is 700 g/mol. The van der Waals surface area contributed by atoms with Gasteiger partial charge in [0.2, 0.25) is 0 Å². The molecule has 0 saturated heterocycles. The van der Waals surface area contributed by atoms with Crippen LogP contribution in [0.1, 0.15) is 90.9 Å². The van der Waals surface area contributed by atoms with Gasteiger partial charge >= 0.3 is 0 Å². The van der Waals surface area contributed by atoms with Gasteiger partial charge in [0.25, 0.3) is 0 Å². The van der Waals surface area contributed by atoms with Crippen molar-refractivity contribution in [1.82, 2.24) is 19.4 Å². The van der Waals surface area contributed by atoms with E-state index in [0.29, 0.717) is 5.92 Å². The van der Waals surface area contributed by atoms with Gasteiger partial charge in [-0.1, -0.05) is 78.0 Å². The number of nitrogens with zero attached hydrogens (tertiary/aromatic N) is 4. The van der Waals surface area contributed by atoms with Gasteiger partial charge in [-0.3, -0.25) is 4.57 Å². The largest absolute Gasteiger partial charge is 0.457 e. The van der Waals surface area contributed by atoms with Gasteiger partial charge < -0.3 is 14.5 Å². The van der Waals surface area contributed by atoms with Crippen LogP contribution < -0.4 is 4.74 Å². The van der Waals surface area contributed by atoms with Crippen molar-refractivity contribution in [3.05, 3.63) is 149 Å². The lowest BCUT2D eigenvalue weighted by Gasteiger charge is -2.32. The first-order valence-electron chi connectivity index (χ1n) is 20.3. The van der Waals surface area contributed by atoms with Crippen molar-refractivity contribution in [2.75, 3.05) is 6.98 Å². The Kier molecular flexibility index (Phi) is 6.93. The third-order valence-corrected chi connectivity index (χ3v) is 11.3. The lowest BCUT2D eigenvalue weighted by atomic mass is 9.75. The minimum absolute atomic E-state index is 0.0329. The molecule has 6 aromatic rings. The highest BCUT2D eigenvalue weighted by Crippen LogP contribution is 2.49. The van der Waals surface area contributed by atoms with Crippen molar-refractivity contribution in [2.45, 2.75) is 78.3 Å². The number of likely N-dealkylation sites (N-methyl/N-ethyl adjacent to an activating group) is 1. The minimum Gasteiger partial charge on any atom is -0.457 e. The SMILES string of the molecule is [2H]C([2H])([2H])N1C=C(c2cc(Oc3ccc4c5ccccc5n(-c5cc(C(C)(C)C)ccn5)c4c3)c3c(c2)-c2c(C)cc(C(C)C)cc2C(C)C3)N2C=CC=CC21. The van der Waals surface area contributed by atoms with Gasteiger partial charge in [-0.2, -0.15) is 0 Å². The van der Waals surface area contributed by atoms with E-state index in [9.17, 15) is 0 Å². The maximum Gasteiger partial charge on any atom is 0.137 e. The summed E-state index contributed by atoms with van der Waals surface area (Å²) >= 11 is 0. The van der Waals surface area contributed by atoms with Gasteiger partial charge in [0, 0.05) is 57.7 Å². The van der Waals surface area contributed by atoms with Crippen LogP contribution in [-0.2, 0) is 11.8 Å². The predicted octanol–water partition coefficient (Wildman–Crippen LogP) is 12.0. The van der Waals surface area contributed by atoms with Gasteiger partial charge in [0.1, 0.15) is 23.5 Å². The molecule has 0 saturated carbocycles. The van der Waals surface area contributed by atoms with Gasteiger partial charge in [0.15, 0.2) is 0 Å². The quantitative estimate of drug-likeness (QED) is 0.179. The zero-order valence-electron chi connectivity index (χ0n) is 34.6. The molecule has 2 atom stereocenters. The molecule has 1 aliphatic carbocycles. The van der Waals surface area contributed by atoms with Gasteiger partial charge in [-0.05, 0) is 119 Å². The maximum absolute atomic E-state index is 8.37. The summed E-state index contributed by atoms with van der Waals surface area (Å²) in [5.41, 5.74) is 12.5. The summed E-state index contributed by atoms with van der Waals surface area (Å²) in [6.45, 7) is 13.4. The maximum atomic E-state index is 8.37. The number of fused-ring (bicyclic) bond motifs is 7. The van der Waals surface area contributed by atoms with Crippen LogP contribution in [-0.4, -0.2) is 32.5 Å². The fourth-order valence-electron chi connectivity index (χ4n) is 8.50. The number of aryl methyl sites for hydroxylation is 1. The summed E-state index contributed by atoms with van der Waals surface area (Å²) in [7, 11) is 0. The van der Waals surface area contributed by atoms with Crippen molar-refractivity contribution < 1.29 is 8.85 Å². The molecule has 4 heterocycles. The number of aromatic nitrogens is 2. The van der Waals surface area contributed by atoms with Crippen LogP contribution in [0, 0.1) is 6.92 Å². The molecule has 3 aliphatic rings. The molecule has 0 N–H and O–H groups in total. The van der Waals surface area contributed by atoms with Crippen molar-refractivity contribution in [3.63, 3.8) is 0 Å². The molecule has 2 aliphatic heterocycles. The fourth-order valence-corrected chi connectivity index (χ4v) is 8.50. The van der Waals surface area contributed by atoms with Crippen LogP contribution in [0.4, 0.5) is 0 Å². The van der Waals surface area contributed by atoms with E-state index < -0.39 is 13.1 Å². The van der Waals surface area contributed by atoms with Crippen molar-refractivity contribution in [3.8, 4) is 28.4 Å². The lowest BCUT2D eigenvalue weighted by molar-refractivity contribution is 0.282. The Morgan fingerprint density at radius 2 is 1.75 bits per heavy atom. The Balaban J connectivity index is 1.24. The number of para-hydroxylation sites is 1. The third-order valence-electron chi connectivity index (χ3n) is 11.3. The van der Waals surface area contributed by atoms with Crippen molar-refractivity contribution in [2.24, 2.45) is 0 Å². The highest BCUT2D eigenvalue weighted by Gasteiger charge is 2.32. The molecule has 4 aromatic carbocycles. The molecule has 5 heteroatoms.